The van der Waals surface area contributed by atoms with E-state index in [2.05, 4.69) is 32.9 Å². The van der Waals surface area contributed by atoms with Crippen molar-refractivity contribution in [3.8, 4) is 12.1 Å². The summed E-state index contributed by atoms with van der Waals surface area (Å²) in [4.78, 5) is 0. The van der Waals surface area contributed by atoms with Gasteiger partial charge in [0.1, 0.15) is 0 Å². The molecule has 0 spiro atoms. The molecule has 0 aromatic rings. The van der Waals surface area contributed by atoms with Crippen molar-refractivity contribution >= 4 is 11.8 Å². The predicted octanol–water partition coefficient (Wildman–Crippen LogP) is 3.59. The van der Waals surface area contributed by atoms with Crippen LogP contribution in [0, 0.1) is 40.4 Å². The fourth-order valence-electron chi connectivity index (χ4n) is 2.61. The molecule has 0 unspecified atom stereocenters. The van der Waals surface area contributed by atoms with Crippen LogP contribution in [0.5, 0.6) is 0 Å². The van der Waals surface area contributed by atoms with Crippen LogP contribution in [0.4, 0.5) is 0 Å². The average molecular weight is 304 g/mol. The lowest BCUT2D eigenvalue weighted by Crippen LogP contribution is -2.21. The van der Waals surface area contributed by atoms with Gasteiger partial charge >= 0.3 is 0 Å². The molecule has 5 heteroatoms. The second-order valence-electron chi connectivity index (χ2n) is 6.10. The highest BCUT2D eigenvalue weighted by Crippen LogP contribution is 2.40. The van der Waals surface area contributed by atoms with Gasteiger partial charge in [0.2, 0.25) is 0 Å². The van der Waals surface area contributed by atoms with Crippen molar-refractivity contribution in [1.82, 2.24) is 0 Å². The molecule has 0 aliphatic carbocycles. The van der Waals surface area contributed by atoms with Gasteiger partial charge in [-0.1, -0.05) is 51.8 Å². The monoisotopic (exact) mass is 304 g/mol. The molecular weight excluding hydrogens is 280 g/mol. The molecule has 0 aromatic carbocycles. The quantitative estimate of drug-likeness (QED) is 0.781. The molecule has 0 saturated carbocycles. The Hall–Kier alpha value is -1.59. The molecule has 0 radical (unpaired) electrons. The van der Waals surface area contributed by atoms with Gasteiger partial charge in [0.15, 0.2) is 0 Å². The lowest BCUT2D eigenvalue weighted by atomic mass is 9.83. The van der Waals surface area contributed by atoms with E-state index in [4.69, 9.17) is 11.5 Å². The minimum absolute atomic E-state index is 0.240. The van der Waals surface area contributed by atoms with E-state index in [0.29, 0.717) is 33.0 Å². The Kier molecular flexibility index (Phi) is 6.65. The Morgan fingerprint density at radius 3 is 2.00 bits per heavy atom. The second kappa shape index (κ2) is 8.00. The van der Waals surface area contributed by atoms with Gasteiger partial charge in [-0.15, -0.1) is 0 Å². The van der Waals surface area contributed by atoms with Gasteiger partial charge in [-0.25, -0.2) is 0 Å². The van der Waals surface area contributed by atoms with Crippen molar-refractivity contribution in [1.29, 1.82) is 10.5 Å². The maximum absolute atomic E-state index is 9.32. The van der Waals surface area contributed by atoms with E-state index in [1.165, 1.54) is 12.8 Å². The topological polar surface area (TPSA) is 99.6 Å². The smallest absolute Gasteiger partial charge is 0.0981 e. The summed E-state index contributed by atoms with van der Waals surface area (Å²) in [7, 11) is 0. The summed E-state index contributed by atoms with van der Waals surface area (Å²) < 4.78 is 0. The van der Waals surface area contributed by atoms with Gasteiger partial charge in [-0.05, 0) is 18.3 Å². The van der Waals surface area contributed by atoms with Crippen LogP contribution in [0.1, 0.15) is 46.5 Å². The Morgan fingerprint density at radius 2 is 1.57 bits per heavy atom. The molecular formula is C16H24N4S. The number of thioether (sulfide) groups is 1. The summed E-state index contributed by atoms with van der Waals surface area (Å²) in [6.45, 7) is 6.60. The number of nitriles is 2. The van der Waals surface area contributed by atoms with Crippen LogP contribution in [0.25, 0.3) is 0 Å². The third kappa shape index (κ3) is 4.72. The molecule has 1 atom stereocenters. The lowest BCUT2D eigenvalue weighted by molar-refractivity contribution is 0.408. The normalized spacial score (nSPS) is 17.8. The van der Waals surface area contributed by atoms with Crippen molar-refractivity contribution in [3.05, 3.63) is 21.2 Å². The third-order valence-corrected chi connectivity index (χ3v) is 4.68. The molecule has 1 aliphatic heterocycles. The standard InChI is InChI=1S/C16H24N4S/c1-10(2)5-4-6-11(3)7-12-13(8-17)15(19)21-16(20)14(12)9-18/h10-12H,4-7,19-20H2,1-3H3/t11-/m1/s1. The number of hydrogen-bond acceptors (Lipinski definition) is 5. The number of hydrogen-bond donors (Lipinski definition) is 2. The SMILES string of the molecule is CC(C)CCC[C@@H](C)CC1C(C#N)=C(N)SC(N)=C1C#N. The zero-order valence-corrected chi connectivity index (χ0v) is 13.8. The van der Waals surface area contributed by atoms with Crippen molar-refractivity contribution in [2.75, 3.05) is 0 Å². The van der Waals surface area contributed by atoms with E-state index in [-0.39, 0.29) is 5.92 Å². The first-order valence-electron chi connectivity index (χ1n) is 7.38. The molecule has 4 nitrogen and oxygen atoms in total. The number of rotatable bonds is 6. The van der Waals surface area contributed by atoms with Gasteiger partial charge in [0, 0.05) is 5.92 Å². The van der Waals surface area contributed by atoms with Crippen molar-refractivity contribution < 1.29 is 0 Å². The zero-order valence-electron chi connectivity index (χ0n) is 13.0. The van der Waals surface area contributed by atoms with E-state index in [0.717, 1.165) is 24.6 Å². The number of nitrogens with two attached hydrogens (primary N) is 2. The minimum Gasteiger partial charge on any atom is -0.392 e. The minimum atomic E-state index is -0.240. The van der Waals surface area contributed by atoms with Crippen LogP contribution in [-0.4, -0.2) is 0 Å². The van der Waals surface area contributed by atoms with Crippen molar-refractivity contribution in [3.63, 3.8) is 0 Å². The predicted molar refractivity (Wildman–Crippen MR) is 87.2 cm³/mol. The Bertz CT molecular complexity index is 483. The fourth-order valence-corrected chi connectivity index (χ4v) is 3.45. The van der Waals surface area contributed by atoms with Crippen LogP contribution < -0.4 is 11.5 Å². The van der Waals surface area contributed by atoms with Crippen LogP contribution in [0.15, 0.2) is 21.2 Å². The molecule has 4 N–H and O–H groups in total. The van der Waals surface area contributed by atoms with E-state index in [9.17, 15) is 10.5 Å². The van der Waals surface area contributed by atoms with Crippen LogP contribution >= 0.6 is 11.8 Å². The maximum Gasteiger partial charge on any atom is 0.0981 e. The third-order valence-electron chi connectivity index (χ3n) is 3.81. The van der Waals surface area contributed by atoms with Crippen molar-refractivity contribution in [2.24, 2.45) is 29.2 Å². The first-order chi connectivity index (χ1) is 9.90. The van der Waals surface area contributed by atoms with E-state index in [1.807, 2.05) is 0 Å². The second-order valence-corrected chi connectivity index (χ2v) is 7.18. The average Bonchev–Trinajstić information content (AvgIpc) is 2.38. The largest absolute Gasteiger partial charge is 0.392 e. The molecule has 0 amide bonds. The van der Waals surface area contributed by atoms with E-state index < -0.39 is 0 Å². The Labute approximate surface area is 131 Å². The van der Waals surface area contributed by atoms with Gasteiger partial charge in [-0.3, -0.25) is 0 Å². The van der Waals surface area contributed by atoms with Gasteiger partial charge in [0.05, 0.1) is 33.3 Å². The molecule has 0 aromatic heterocycles. The summed E-state index contributed by atoms with van der Waals surface area (Å²) in [5.74, 6) is 0.901. The highest BCUT2D eigenvalue weighted by molar-refractivity contribution is 8.06. The molecule has 0 saturated heterocycles. The van der Waals surface area contributed by atoms with E-state index in [1.54, 1.807) is 0 Å². The molecule has 114 valence electrons. The molecule has 0 fully saturated rings. The molecule has 21 heavy (non-hydrogen) atoms. The maximum atomic E-state index is 9.32. The lowest BCUT2D eigenvalue weighted by Gasteiger charge is -2.25. The zero-order chi connectivity index (χ0) is 16.0. The molecule has 1 rings (SSSR count). The van der Waals surface area contributed by atoms with Crippen LogP contribution in [0.3, 0.4) is 0 Å². The number of nitrogens with zero attached hydrogens (tertiary/aromatic N) is 2. The van der Waals surface area contributed by atoms with Gasteiger partial charge in [-0.2, -0.15) is 10.5 Å². The summed E-state index contributed by atoms with van der Waals surface area (Å²) in [5.41, 5.74) is 12.8. The highest BCUT2D eigenvalue weighted by atomic mass is 32.2. The van der Waals surface area contributed by atoms with Gasteiger partial charge < -0.3 is 11.5 Å². The van der Waals surface area contributed by atoms with Crippen molar-refractivity contribution in [2.45, 2.75) is 46.5 Å². The van der Waals surface area contributed by atoms with Crippen LogP contribution in [-0.2, 0) is 0 Å². The summed E-state index contributed by atoms with van der Waals surface area (Å²) in [6, 6.07) is 4.32. The van der Waals surface area contributed by atoms with E-state index >= 15 is 0 Å². The molecule has 0 bridgehead atoms. The Morgan fingerprint density at radius 1 is 1.05 bits per heavy atom. The molecule has 1 heterocycles. The first kappa shape index (κ1) is 17.5. The summed E-state index contributed by atoms with van der Waals surface area (Å²) >= 11 is 1.13. The summed E-state index contributed by atoms with van der Waals surface area (Å²) in [5, 5.41) is 19.5. The van der Waals surface area contributed by atoms with Crippen LogP contribution in [0.2, 0.25) is 0 Å². The Balaban J connectivity index is 2.79. The molecule has 1 aliphatic rings. The summed E-state index contributed by atoms with van der Waals surface area (Å²) in [6.07, 6.45) is 4.23. The number of allylic oxidation sites excluding steroid dienone is 2. The highest BCUT2D eigenvalue weighted by Gasteiger charge is 2.30. The fraction of sp³-hybridized carbons (Fsp3) is 0.625. The van der Waals surface area contributed by atoms with Gasteiger partial charge in [0.25, 0.3) is 0 Å². The first-order valence-corrected chi connectivity index (χ1v) is 8.19.